The Morgan fingerprint density at radius 2 is 1.68 bits per heavy atom. The summed E-state index contributed by atoms with van der Waals surface area (Å²) in [5, 5.41) is 0. The van der Waals surface area contributed by atoms with Gasteiger partial charge in [0.15, 0.2) is 4.90 Å². The summed E-state index contributed by atoms with van der Waals surface area (Å²) in [6.45, 7) is 8.14. The molecule has 0 aliphatic rings. The summed E-state index contributed by atoms with van der Waals surface area (Å²) in [6.07, 6.45) is 1.30. The highest BCUT2D eigenvalue weighted by atomic mass is 32.2. The Labute approximate surface area is 220 Å². The molecule has 0 saturated heterocycles. The van der Waals surface area contributed by atoms with E-state index in [0.29, 0.717) is 23.8 Å². The van der Waals surface area contributed by atoms with Gasteiger partial charge >= 0.3 is 0 Å². The van der Waals surface area contributed by atoms with E-state index in [1.807, 2.05) is 56.7 Å². The van der Waals surface area contributed by atoms with E-state index in [1.165, 1.54) is 18.3 Å². The number of nitrogens with zero attached hydrogens (tertiary/aromatic N) is 1. The number of ether oxygens (including phenoxy) is 2. The zero-order valence-corrected chi connectivity index (χ0v) is 22.2. The molecule has 0 saturated carbocycles. The van der Waals surface area contributed by atoms with Crippen molar-refractivity contribution in [3.63, 3.8) is 0 Å². The molecule has 2 aromatic heterocycles. The third-order valence-electron chi connectivity index (χ3n) is 5.67. The maximum Gasteiger partial charge on any atom is 0.270 e. The number of hydrogen-bond acceptors (Lipinski definition) is 7. The molecule has 0 unspecified atom stereocenters. The minimum absolute atomic E-state index is 0.0823. The molecule has 4 rings (SSSR count). The Morgan fingerprint density at radius 3 is 2.32 bits per heavy atom. The Bertz CT molecular complexity index is 1640. The highest BCUT2D eigenvalue weighted by Gasteiger charge is 2.25. The highest BCUT2D eigenvalue weighted by Crippen LogP contribution is 2.33. The number of aromatic amines is 1. The molecular weight excluding hydrogens is 506 g/mol. The van der Waals surface area contributed by atoms with E-state index in [4.69, 9.17) is 9.47 Å². The standard InChI is InChI=1S/C28H27N3O6S/c1-5-36-21-10-8-20(9-11-21)23-13-12-22(26(32)31-38(34,35)24-7-6-14-29-27(24)33)28(30-23)37-25-18(3)15-17(2)16-19(25)4/h6-16H,5H2,1-4H3,(H,29,33)(H,31,32). The van der Waals surface area contributed by atoms with Crippen LogP contribution < -0.4 is 19.8 Å². The van der Waals surface area contributed by atoms with Crippen molar-refractivity contribution in [3.05, 3.63) is 99.5 Å². The van der Waals surface area contributed by atoms with Gasteiger partial charge in [-0.3, -0.25) is 9.59 Å². The molecule has 0 bridgehead atoms. The number of rotatable bonds is 8. The van der Waals surface area contributed by atoms with Gasteiger partial charge < -0.3 is 14.5 Å². The zero-order chi connectivity index (χ0) is 27.4. The lowest BCUT2D eigenvalue weighted by Gasteiger charge is -2.16. The van der Waals surface area contributed by atoms with Gasteiger partial charge in [-0.1, -0.05) is 17.7 Å². The van der Waals surface area contributed by atoms with Crippen LogP contribution in [0.25, 0.3) is 11.3 Å². The quantitative estimate of drug-likeness (QED) is 0.337. The second-order valence-electron chi connectivity index (χ2n) is 8.63. The Morgan fingerprint density at radius 1 is 1.00 bits per heavy atom. The molecule has 2 heterocycles. The molecule has 4 aromatic rings. The van der Waals surface area contributed by atoms with Crippen molar-refractivity contribution in [2.75, 3.05) is 6.61 Å². The van der Waals surface area contributed by atoms with E-state index in [9.17, 15) is 18.0 Å². The molecule has 0 spiro atoms. The molecular formula is C28H27N3O6S. The monoisotopic (exact) mass is 533 g/mol. The lowest BCUT2D eigenvalue weighted by molar-refractivity contribution is 0.0978. The van der Waals surface area contributed by atoms with Crippen LogP contribution in [0.5, 0.6) is 17.4 Å². The molecule has 9 nitrogen and oxygen atoms in total. The molecule has 0 radical (unpaired) electrons. The van der Waals surface area contributed by atoms with Gasteiger partial charge in [0.1, 0.15) is 17.1 Å². The van der Waals surface area contributed by atoms with E-state index in [-0.39, 0.29) is 11.4 Å². The van der Waals surface area contributed by atoms with E-state index < -0.39 is 26.4 Å². The van der Waals surface area contributed by atoms with Crippen molar-refractivity contribution < 1.29 is 22.7 Å². The Hall–Kier alpha value is -4.44. The maximum absolute atomic E-state index is 13.2. The van der Waals surface area contributed by atoms with Gasteiger partial charge in [-0.25, -0.2) is 18.1 Å². The van der Waals surface area contributed by atoms with Crippen LogP contribution in [0.1, 0.15) is 34.0 Å². The number of benzene rings is 2. The van der Waals surface area contributed by atoms with Gasteiger partial charge in [0, 0.05) is 11.8 Å². The van der Waals surface area contributed by atoms with Crippen molar-refractivity contribution in [2.24, 2.45) is 0 Å². The number of carbonyl (C=O) groups excluding carboxylic acids is 1. The number of aromatic nitrogens is 2. The van der Waals surface area contributed by atoms with E-state index in [1.54, 1.807) is 18.2 Å². The second-order valence-corrected chi connectivity index (χ2v) is 10.3. The van der Waals surface area contributed by atoms with E-state index in [2.05, 4.69) is 9.97 Å². The van der Waals surface area contributed by atoms with Crippen LogP contribution in [0.4, 0.5) is 0 Å². The van der Waals surface area contributed by atoms with Gasteiger partial charge in [0.2, 0.25) is 5.88 Å². The lowest BCUT2D eigenvalue weighted by Crippen LogP contribution is -2.34. The first kappa shape index (κ1) is 26.6. The van der Waals surface area contributed by atoms with Gasteiger partial charge in [0.25, 0.3) is 21.5 Å². The average molecular weight is 534 g/mol. The number of hydrogen-bond donors (Lipinski definition) is 2. The van der Waals surface area contributed by atoms with Gasteiger partial charge in [-0.2, -0.15) is 0 Å². The number of nitrogens with one attached hydrogen (secondary N) is 2. The average Bonchev–Trinajstić information content (AvgIpc) is 2.86. The molecule has 0 aliphatic carbocycles. The Balaban J connectivity index is 1.77. The van der Waals surface area contributed by atoms with Crippen LogP contribution >= 0.6 is 0 Å². The van der Waals surface area contributed by atoms with Crippen LogP contribution in [0.2, 0.25) is 0 Å². The number of H-pyrrole nitrogens is 1. The summed E-state index contributed by atoms with van der Waals surface area (Å²) < 4.78 is 39.2. The fourth-order valence-electron chi connectivity index (χ4n) is 4.01. The van der Waals surface area contributed by atoms with E-state index in [0.717, 1.165) is 28.3 Å². The fraction of sp³-hybridized carbons (Fsp3) is 0.179. The van der Waals surface area contributed by atoms with Crippen LogP contribution in [0.3, 0.4) is 0 Å². The van der Waals surface area contributed by atoms with Crippen molar-refractivity contribution in [1.29, 1.82) is 0 Å². The second kappa shape index (κ2) is 10.9. The molecule has 196 valence electrons. The molecule has 2 N–H and O–H groups in total. The number of pyridine rings is 2. The zero-order valence-electron chi connectivity index (χ0n) is 21.4. The SMILES string of the molecule is CCOc1ccc(-c2ccc(C(=O)NS(=O)(=O)c3ccc[nH]c3=O)c(Oc3c(C)cc(C)cc3C)n2)cc1. The minimum Gasteiger partial charge on any atom is -0.494 e. The molecule has 0 atom stereocenters. The smallest absolute Gasteiger partial charge is 0.270 e. The summed E-state index contributed by atoms with van der Waals surface area (Å²) in [4.78, 5) is 31.5. The molecule has 0 aliphatic heterocycles. The molecule has 1 amide bonds. The summed E-state index contributed by atoms with van der Waals surface area (Å²) >= 11 is 0. The van der Waals surface area contributed by atoms with Crippen LogP contribution in [0, 0.1) is 20.8 Å². The van der Waals surface area contributed by atoms with E-state index >= 15 is 0 Å². The number of carbonyl (C=O) groups is 1. The summed E-state index contributed by atoms with van der Waals surface area (Å²) in [6, 6.07) is 16.6. The van der Waals surface area contributed by atoms with Gasteiger partial charge in [-0.15, -0.1) is 0 Å². The number of aryl methyl sites for hydroxylation is 3. The number of sulfonamides is 1. The lowest BCUT2D eigenvalue weighted by atomic mass is 10.1. The van der Waals surface area contributed by atoms with Crippen molar-refractivity contribution in [2.45, 2.75) is 32.6 Å². The topological polar surface area (TPSA) is 127 Å². The van der Waals surface area contributed by atoms with Crippen LogP contribution in [0.15, 0.2) is 76.6 Å². The first-order valence-electron chi connectivity index (χ1n) is 11.8. The fourth-order valence-corrected chi connectivity index (χ4v) is 5.04. The van der Waals surface area contributed by atoms with Gasteiger partial charge in [-0.05, 0) is 87.4 Å². The molecule has 10 heteroatoms. The Kier molecular flexibility index (Phi) is 7.63. The largest absolute Gasteiger partial charge is 0.494 e. The maximum atomic E-state index is 13.2. The summed E-state index contributed by atoms with van der Waals surface area (Å²) in [7, 11) is -4.46. The highest BCUT2D eigenvalue weighted by molar-refractivity contribution is 7.90. The minimum atomic E-state index is -4.46. The predicted octanol–water partition coefficient (Wildman–Crippen LogP) is 4.67. The third kappa shape index (κ3) is 5.76. The van der Waals surface area contributed by atoms with Crippen molar-refractivity contribution in [3.8, 4) is 28.6 Å². The third-order valence-corrected chi connectivity index (χ3v) is 7.02. The van der Waals surface area contributed by atoms with Crippen molar-refractivity contribution in [1.82, 2.24) is 14.7 Å². The predicted molar refractivity (Wildman–Crippen MR) is 143 cm³/mol. The summed E-state index contributed by atoms with van der Waals surface area (Å²) in [5.41, 5.74) is 2.97. The van der Waals surface area contributed by atoms with Gasteiger partial charge in [0.05, 0.1) is 12.3 Å². The summed E-state index contributed by atoms with van der Waals surface area (Å²) in [5.74, 6) is 0.136. The molecule has 38 heavy (non-hydrogen) atoms. The first-order chi connectivity index (χ1) is 18.1. The molecule has 2 aromatic carbocycles. The van der Waals surface area contributed by atoms with Crippen LogP contribution in [-0.4, -0.2) is 30.9 Å². The normalized spacial score (nSPS) is 11.2. The van der Waals surface area contributed by atoms with Crippen molar-refractivity contribution >= 4 is 15.9 Å². The van der Waals surface area contributed by atoms with Crippen LogP contribution in [-0.2, 0) is 10.0 Å². The number of amides is 1. The first-order valence-corrected chi connectivity index (χ1v) is 13.3. The molecule has 0 fully saturated rings.